The van der Waals surface area contributed by atoms with Crippen LogP contribution in [0.1, 0.15) is 21.5 Å². The molecule has 3 aromatic carbocycles. The predicted octanol–water partition coefficient (Wildman–Crippen LogP) is 5.17. The molecule has 0 saturated carbocycles. The number of rotatable bonds is 5. The highest BCUT2D eigenvalue weighted by atomic mass is 79.9. The average Bonchev–Trinajstić information content (AvgIpc) is 2.84. The van der Waals surface area contributed by atoms with Crippen molar-refractivity contribution < 1.29 is 19.6 Å². The van der Waals surface area contributed by atoms with Gasteiger partial charge in [0.15, 0.2) is 0 Å². The Morgan fingerprint density at radius 2 is 1.85 bits per heavy atom. The van der Waals surface area contributed by atoms with Crippen molar-refractivity contribution >= 4 is 44.8 Å². The number of nitro groups is 1. The standard InChI is InChI=1S/C20H14BrClN2O4.C4H9NO/c21-14-9-13(8-12-4-2-1-3-5-12)19(25)16(10-14)20(26)23-18-7-6-15(24(27)28)11-17(18)22;1-3-6-4-2-5-1/h1-7,9-11,25H,8H2,(H,23,26);5H,1-4H2. The van der Waals surface area contributed by atoms with E-state index in [9.17, 15) is 20.0 Å². The summed E-state index contributed by atoms with van der Waals surface area (Å²) in [6, 6.07) is 16.5. The summed E-state index contributed by atoms with van der Waals surface area (Å²) in [4.78, 5) is 22.9. The highest BCUT2D eigenvalue weighted by Gasteiger charge is 2.18. The fraction of sp³-hybridized carbons (Fsp3) is 0.208. The van der Waals surface area contributed by atoms with Crippen LogP contribution in [-0.4, -0.2) is 42.2 Å². The summed E-state index contributed by atoms with van der Waals surface area (Å²) in [6.45, 7) is 3.83. The number of anilines is 1. The van der Waals surface area contributed by atoms with Crippen molar-refractivity contribution in [2.45, 2.75) is 6.42 Å². The molecule has 0 radical (unpaired) electrons. The molecule has 178 valence electrons. The molecule has 1 fully saturated rings. The Hall–Kier alpha value is -2.98. The molecule has 3 N–H and O–H groups in total. The number of hydrogen-bond acceptors (Lipinski definition) is 6. The minimum absolute atomic E-state index is 0.0292. The topological polar surface area (TPSA) is 114 Å². The van der Waals surface area contributed by atoms with Crippen LogP contribution >= 0.6 is 27.5 Å². The van der Waals surface area contributed by atoms with Crippen molar-refractivity contribution in [2.24, 2.45) is 0 Å². The van der Waals surface area contributed by atoms with Gasteiger partial charge in [-0.2, -0.15) is 0 Å². The second kappa shape index (κ2) is 12.5. The Labute approximate surface area is 210 Å². The van der Waals surface area contributed by atoms with Gasteiger partial charge in [0, 0.05) is 41.7 Å². The number of non-ortho nitro benzene ring substituents is 1. The van der Waals surface area contributed by atoms with Gasteiger partial charge in [0.1, 0.15) is 5.75 Å². The lowest BCUT2D eigenvalue weighted by Crippen LogP contribution is -2.30. The van der Waals surface area contributed by atoms with Gasteiger partial charge < -0.3 is 20.5 Å². The second-order valence-corrected chi connectivity index (χ2v) is 8.68. The number of nitrogens with one attached hydrogen (secondary N) is 2. The van der Waals surface area contributed by atoms with E-state index >= 15 is 0 Å². The largest absolute Gasteiger partial charge is 0.507 e. The number of hydrogen-bond donors (Lipinski definition) is 3. The molecule has 10 heteroatoms. The van der Waals surface area contributed by atoms with Gasteiger partial charge in [0.25, 0.3) is 11.6 Å². The summed E-state index contributed by atoms with van der Waals surface area (Å²) in [5.74, 6) is -0.716. The Morgan fingerprint density at radius 1 is 1.15 bits per heavy atom. The van der Waals surface area contributed by atoms with Crippen molar-refractivity contribution in [2.75, 3.05) is 31.6 Å². The molecule has 0 aliphatic carbocycles. The van der Waals surface area contributed by atoms with Crippen molar-refractivity contribution in [3.05, 3.63) is 97.0 Å². The summed E-state index contributed by atoms with van der Waals surface area (Å²) in [7, 11) is 0. The van der Waals surface area contributed by atoms with E-state index in [2.05, 4.69) is 26.6 Å². The Balaban J connectivity index is 0.000000469. The van der Waals surface area contributed by atoms with E-state index in [1.165, 1.54) is 18.2 Å². The van der Waals surface area contributed by atoms with E-state index in [1.54, 1.807) is 6.07 Å². The maximum atomic E-state index is 12.7. The smallest absolute Gasteiger partial charge is 0.271 e. The molecule has 1 heterocycles. The van der Waals surface area contributed by atoms with E-state index in [-0.39, 0.29) is 27.7 Å². The molecular weight excluding hydrogens is 526 g/mol. The van der Waals surface area contributed by atoms with Crippen LogP contribution in [0.25, 0.3) is 0 Å². The average molecular weight is 549 g/mol. The van der Waals surface area contributed by atoms with Crippen molar-refractivity contribution in [1.82, 2.24) is 5.32 Å². The molecule has 0 bridgehead atoms. The number of amides is 1. The van der Waals surface area contributed by atoms with E-state index in [0.717, 1.165) is 37.9 Å². The first kappa shape index (κ1) is 25.6. The number of benzene rings is 3. The number of halogens is 2. The van der Waals surface area contributed by atoms with Crippen LogP contribution < -0.4 is 10.6 Å². The lowest BCUT2D eigenvalue weighted by Gasteiger charge is -2.12. The zero-order chi connectivity index (χ0) is 24.5. The number of morpholine rings is 1. The van der Waals surface area contributed by atoms with Gasteiger partial charge in [0.2, 0.25) is 0 Å². The van der Waals surface area contributed by atoms with Gasteiger partial charge >= 0.3 is 0 Å². The van der Waals surface area contributed by atoms with Crippen LogP contribution in [0.4, 0.5) is 11.4 Å². The first-order valence-electron chi connectivity index (χ1n) is 10.4. The quantitative estimate of drug-likeness (QED) is 0.300. The summed E-state index contributed by atoms with van der Waals surface area (Å²) in [5.41, 5.74) is 1.66. The van der Waals surface area contributed by atoms with E-state index in [4.69, 9.17) is 16.3 Å². The fourth-order valence-electron chi connectivity index (χ4n) is 3.20. The number of carbonyl (C=O) groups is 1. The predicted molar refractivity (Wildman–Crippen MR) is 135 cm³/mol. The van der Waals surface area contributed by atoms with E-state index in [0.29, 0.717) is 16.5 Å². The minimum Gasteiger partial charge on any atom is -0.507 e. The highest BCUT2D eigenvalue weighted by molar-refractivity contribution is 9.10. The molecule has 8 nitrogen and oxygen atoms in total. The molecule has 1 saturated heterocycles. The summed E-state index contributed by atoms with van der Waals surface area (Å²) in [5, 5.41) is 27.2. The maximum absolute atomic E-state index is 12.7. The van der Waals surface area contributed by atoms with Gasteiger partial charge in [-0.05, 0) is 23.8 Å². The van der Waals surface area contributed by atoms with Crippen LogP contribution in [0.15, 0.2) is 65.1 Å². The highest BCUT2D eigenvalue weighted by Crippen LogP contribution is 2.32. The van der Waals surface area contributed by atoms with Gasteiger partial charge in [-0.3, -0.25) is 14.9 Å². The van der Waals surface area contributed by atoms with Crippen LogP contribution in [0, 0.1) is 10.1 Å². The second-order valence-electron chi connectivity index (χ2n) is 7.36. The van der Waals surface area contributed by atoms with Gasteiger partial charge in [-0.25, -0.2) is 0 Å². The maximum Gasteiger partial charge on any atom is 0.271 e. The lowest BCUT2D eigenvalue weighted by molar-refractivity contribution is -0.384. The van der Waals surface area contributed by atoms with Crippen LogP contribution in [0.5, 0.6) is 5.75 Å². The van der Waals surface area contributed by atoms with Crippen molar-refractivity contribution in [1.29, 1.82) is 0 Å². The lowest BCUT2D eigenvalue weighted by atomic mass is 10.0. The molecule has 1 aliphatic heterocycles. The minimum atomic E-state index is -0.580. The molecule has 0 aromatic heterocycles. The first-order valence-corrected chi connectivity index (χ1v) is 11.6. The molecule has 1 amide bonds. The van der Waals surface area contributed by atoms with Crippen LogP contribution in [0.3, 0.4) is 0 Å². The zero-order valence-electron chi connectivity index (χ0n) is 18.1. The Bertz CT molecular complexity index is 1150. The van der Waals surface area contributed by atoms with Crippen molar-refractivity contribution in [3.63, 3.8) is 0 Å². The Morgan fingerprint density at radius 3 is 2.41 bits per heavy atom. The summed E-state index contributed by atoms with van der Waals surface area (Å²) >= 11 is 9.39. The molecule has 0 atom stereocenters. The number of nitrogens with zero attached hydrogens (tertiary/aromatic N) is 1. The number of phenolic OH excluding ortho intramolecular Hbond substituents is 1. The van der Waals surface area contributed by atoms with Crippen LogP contribution in [-0.2, 0) is 11.2 Å². The molecule has 34 heavy (non-hydrogen) atoms. The first-order chi connectivity index (χ1) is 16.3. The molecule has 3 aromatic rings. The summed E-state index contributed by atoms with van der Waals surface area (Å²) < 4.78 is 5.64. The number of nitro benzene ring substituents is 1. The van der Waals surface area contributed by atoms with Crippen molar-refractivity contribution in [3.8, 4) is 5.75 Å². The zero-order valence-corrected chi connectivity index (χ0v) is 20.4. The van der Waals surface area contributed by atoms with E-state index in [1.807, 2.05) is 30.3 Å². The third kappa shape index (κ3) is 7.26. The number of ether oxygens (including phenoxy) is 1. The number of aromatic hydroxyl groups is 1. The molecule has 0 spiro atoms. The van der Waals surface area contributed by atoms with E-state index < -0.39 is 10.8 Å². The SMILES string of the molecule is C1COCCN1.O=C(Nc1ccc([N+](=O)[O-])cc1Cl)c1cc(Br)cc(Cc2ccccc2)c1O. The molecular formula is C24H23BrClN3O5. The third-order valence-electron chi connectivity index (χ3n) is 4.89. The van der Waals surface area contributed by atoms with Gasteiger partial charge in [-0.1, -0.05) is 57.9 Å². The molecule has 0 unspecified atom stereocenters. The Kier molecular flexibility index (Phi) is 9.41. The fourth-order valence-corrected chi connectivity index (χ4v) is 3.93. The van der Waals surface area contributed by atoms with Gasteiger partial charge in [0.05, 0.1) is 34.4 Å². The molecule has 4 rings (SSSR count). The van der Waals surface area contributed by atoms with Gasteiger partial charge in [-0.15, -0.1) is 0 Å². The third-order valence-corrected chi connectivity index (χ3v) is 5.66. The summed E-state index contributed by atoms with van der Waals surface area (Å²) in [6.07, 6.45) is 0.449. The number of phenols is 1. The number of carbonyl (C=O) groups excluding carboxylic acids is 1. The monoisotopic (exact) mass is 547 g/mol. The van der Waals surface area contributed by atoms with Crippen LogP contribution in [0.2, 0.25) is 5.02 Å². The normalized spacial score (nSPS) is 12.9. The molecule has 1 aliphatic rings.